The van der Waals surface area contributed by atoms with Crippen molar-refractivity contribution in [3.05, 3.63) is 69.7 Å². The maximum Gasteiger partial charge on any atom is 0.419 e. The lowest BCUT2D eigenvalue weighted by Crippen LogP contribution is -2.58. The number of imide groups is 1. The summed E-state index contributed by atoms with van der Waals surface area (Å²) in [7, 11) is 1.63. The second kappa shape index (κ2) is 6.09. The van der Waals surface area contributed by atoms with Crippen LogP contribution in [0.1, 0.15) is 23.1 Å². The van der Waals surface area contributed by atoms with Crippen LogP contribution >= 0.6 is 0 Å². The van der Waals surface area contributed by atoms with Gasteiger partial charge in [-0.25, -0.2) is 9.59 Å². The molecule has 3 aromatic rings. The van der Waals surface area contributed by atoms with Crippen molar-refractivity contribution >= 4 is 23.0 Å². The van der Waals surface area contributed by atoms with Gasteiger partial charge >= 0.3 is 11.8 Å². The van der Waals surface area contributed by atoms with Crippen molar-refractivity contribution in [2.24, 2.45) is 7.05 Å². The molecule has 0 N–H and O–H groups in total. The van der Waals surface area contributed by atoms with Crippen LogP contribution in [-0.4, -0.2) is 32.3 Å². The highest BCUT2D eigenvalue weighted by atomic mass is 16.4. The van der Waals surface area contributed by atoms with Crippen molar-refractivity contribution in [2.75, 3.05) is 0 Å². The van der Waals surface area contributed by atoms with E-state index in [1.54, 1.807) is 30.1 Å². The lowest BCUT2D eigenvalue weighted by molar-refractivity contribution is -0.133. The van der Waals surface area contributed by atoms with Crippen molar-refractivity contribution in [3.8, 4) is 0 Å². The highest BCUT2D eigenvalue weighted by Crippen LogP contribution is 2.30. The first kappa shape index (κ1) is 16.8. The zero-order valence-corrected chi connectivity index (χ0v) is 15.4. The van der Waals surface area contributed by atoms with Crippen molar-refractivity contribution in [1.29, 1.82) is 0 Å². The average Bonchev–Trinajstić information content (AvgIpc) is 2.98. The Morgan fingerprint density at radius 1 is 1.04 bits per heavy atom. The predicted molar refractivity (Wildman–Crippen MR) is 101 cm³/mol. The Balaban J connectivity index is 1.43. The summed E-state index contributed by atoms with van der Waals surface area (Å²) in [5, 5.41) is 0. The van der Waals surface area contributed by atoms with Crippen molar-refractivity contribution in [2.45, 2.75) is 32.0 Å². The van der Waals surface area contributed by atoms with Crippen LogP contribution in [-0.2, 0) is 31.4 Å². The number of fused-ring (bicyclic) bond motifs is 3. The van der Waals surface area contributed by atoms with Gasteiger partial charge < -0.3 is 9.32 Å². The smallest absolute Gasteiger partial charge is 0.408 e. The van der Waals surface area contributed by atoms with Gasteiger partial charge in [-0.3, -0.25) is 14.3 Å². The lowest BCUT2D eigenvalue weighted by atomic mass is 9.91. The Kier molecular flexibility index (Phi) is 3.65. The highest BCUT2D eigenvalue weighted by molar-refractivity contribution is 5.97. The Morgan fingerprint density at radius 3 is 2.64 bits per heavy atom. The topological polar surface area (TPSA) is 75.8 Å². The second-order valence-electron chi connectivity index (χ2n) is 7.45. The first-order chi connectivity index (χ1) is 13.5. The lowest BCUT2D eigenvalue weighted by Gasteiger charge is -2.43. The molecule has 7 nitrogen and oxygen atoms in total. The van der Waals surface area contributed by atoms with Crippen LogP contribution in [0.4, 0.5) is 4.79 Å². The number of benzene rings is 2. The zero-order chi connectivity index (χ0) is 19.4. The van der Waals surface area contributed by atoms with Crippen LogP contribution in [0.2, 0.25) is 0 Å². The van der Waals surface area contributed by atoms with E-state index in [9.17, 15) is 14.4 Å². The van der Waals surface area contributed by atoms with Gasteiger partial charge in [-0.2, -0.15) is 0 Å². The van der Waals surface area contributed by atoms with Crippen LogP contribution < -0.4 is 5.76 Å². The van der Waals surface area contributed by atoms with Gasteiger partial charge in [0, 0.05) is 26.1 Å². The Bertz CT molecular complexity index is 1180. The van der Waals surface area contributed by atoms with Gasteiger partial charge in [0.05, 0.1) is 12.1 Å². The largest absolute Gasteiger partial charge is 0.419 e. The van der Waals surface area contributed by atoms with E-state index in [1.807, 2.05) is 18.2 Å². The molecule has 1 aromatic heterocycles. The second-order valence-corrected chi connectivity index (χ2v) is 7.45. The molecule has 0 unspecified atom stereocenters. The number of oxazole rings is 1. The Morgan fingerprint density at radius 2 is 1.82 bits per heavy atom. The molecule has 3 heterocycles. The number of aryl methyl sites for hydroxylation is 1. The van der Waals surface area contributed by atoms with Gasteiger partial charge in [-0.15, -0.1) is 0 Å². The zero-order valence-electron chi connectivity index (χ0n) is 15.4. The minimum absolute atomic E-state index is 0.0803. The predicted octanol–water partition coefficient (Wildman–Crippen LogP) is 2.41. The summed E-state index contributed by atoms with van der Waals surface area (Å²) in [6, 6.07) is 13.0. The molecule has 5 rings (SSSR count). The third kappa shape index (κ3) is 2.54. The normalized spacial score (nSPS) is 19.1. The highest BCUT2D eigenvalue weighted by Gasteiger charge is 2.41. The molecule has 0 spiro atoms. The molecule has 142 valence electrons. The molecular weight excluding hydrogens is 358 g/mol. The Hall–Kier alpha value is -3.35. The molecule has 0 saturated carbocycles. The molecule has 0 radical (unpaired) electrons. The maximum atomic E-state index is 13.1. The molecule has 0 aliphatic carbocycles. The number of nitrogens with zero attached hydrogens (tertiary/aromatic N) is 3. The monoisotopic (exact) mass is 377 g/mol. The molecule has 2 aliphatic rings. The summed E-state index contributed by atoms with van der Waals surface area (Å²) in [6.07, 6.45) is 1.04. The molecule has 1 fully saturated rings. The van der Waals surface area contributed by atoms with E-state index in [4.69, 9.17) is 4.42 Å². The first-order valence-electron chi connectivity index (χ1n) is 9.27. The van der Waals surface area contributed by atoms with Gasteiger partial charge in [0.15, 0.2) is 5.58 Å². The molecule has 28 heavy (non-hydrogen) atoms. The summed E-state index contributed by atoms with van der Waals surface area (Å²) < 4.78 is 6.55. The van der Waals surface area contributed by atoms with Gasteiger partial charge in [-0.1, -0.05) is 30.3 Å². The van der Waals surface area contributed by atoms with E-state index in [0.29, 0.717) is 30.5 Å². The fourth-order valence-corrected chi connectivity index (χ4v) is 4.18. The van der Waals surface area contributed by atoms with E-state index in [2.05, 4.69) is 6.07 Å². The average molecular weight is 377 g/mol. The molecule has 1 saturated heterocycles. The van der Waals surface area contributed by atoms with E-state index in [-0.39, 0.29) is 24.5 Å². The molecule has 2 aliphatic heterocycles. The van der Waals surface area contributed by atoms with E-state index in [1.165, 1.54) is 15.0 Å². The Labute approximate surface area is 160 Å². The molecule has 7 heteroatoms. The van der Waals surface area contributed by atoms with Crippen LogP contribution in [0.3, 0.4) is 0 Å². The minimum atomic E-state index is -0.438. The van der Waals surface area contributed by atoms with Gasteiger partial charge in [0.1, 0.15) is 0 Å². The third-order valence-electron chi connectivity index (χ3n) is 5.74. The summed E-state index contributed by atoms with van der Waals surface area (Å²) in [4.78, 5) is 40.6. The van der Waals surface area contributed by atoms with Crippen LogP contribution in [0.5, 0.6) is 0 Å². The number of urea groups is 1. The van der Waals surface area contributed by atoms with E-state index < -0.39 is 5.76 Å². The summed E-state index contributed by atoms with van der Waals surface area (Å²) in [6.45, 7) is 0.705. The van der Waals surface area contributed by atoms with E-state index in [0.717, 1.165) is 11.1 Å². The van der Waals surface area contributed by atoms with Gasteiger partial charge in [-0.05, 0) is 35.2 Å². The standard InChI is InChI=1S/C21H19N3O4/c1-22-17-8-13(6-7-18(17)28-21(22)27)11-24-19(25)10-16-9-14-4-2-3-5-15(14)12-23(16)20(24)26/h2-8,16H,9-12H2,1H3/t16-/m0/s1. The van der Waals surface area contributed by atoms with Crippen molar-refractivity contribution in [1.82, 2.24) is 14.4 Å². The molecule has 3 amide bonds. The number of carbonyl (C=O) groups excluding carboxylic acids is 2. The quantitative estimate of drug-likeness (QED) is 0.687. The molecule has 1 atom stereocenters. The number of aromatic nitrogens is 1. The van der Waals surface area contributed by atoms with E-state index >= 15 is 0 Å². The minimum Gasteiger partial charge on any atom is -0.408 e. The van der Waals surface area contributed by atoms with Crippen LogP contribution in [0, 0.1) is 0 Å². The first-order valence-corrected chi connectivity index (χ1v) is 9.27. The summed E-state index contributed by atoms with van der Waals surface area (Å²) in [5.41, 5.74) is 4.26. The molecular formula is C21H19N3O4. The van der Waals surface area contributed by atoms with Crippen LogP contribution in [0.15, 0.2) is 51.7 Å². The van der Waals surface area contributed by atoms with Crippen molar-refractivity contribution in [3.63, 3.8) is 0 Å². The van der Waals surface area contributed by atoms with Gasteiger partial charge in [0.25, 0.3) is 0 Å². The van der Waals surface area contributed by atoms with Crippen molar-refractivity contribution < 1.29 is 14.0 Å². The van der Waals surface area contributed by atoms with Crippen LogP contribution in [0.25, 0.3) is 11.1 Å². The summed E-state index contributed by atoms with van der Waals surface area (Å²) >= 11 is 0. The number of carbonyl (C=O) groups is 2. The maximum absolute atomic E-state index is 13.1. The number of amides is 3. The third-order valence-corrected chi connectivity index (χ3v) is 5.74. The molecule has 0 bridgehead atoms. The molecule has 2 aromatic carbocycles. The fraction of sp³-hybridized carbons (Fsp3) is 0.286. The SMILES string of the molecule is Cn1c(=O)oc2ccc(CN3C(=O)C[C@@H]4Cc5ccccc5CN4C3=O)cc21. The summed E-state index contributed by atoms with van der Waals surface area (Å²) in [5.74, 6) is -0.598. The number of rotatable bonds is 2. The number of hydrogen-bond acceptors (Lipinski definition) is 4. The van der Waals surface area contributed by atoms with Gasteiger partial charge in [0.2, 0.25) is 5.91 Å². The number of hydrogen-bond donors (Lipinski definition) is 0. The fourth-order valence-electron chi connectivity index (χ4n) is 4.18.